The summed E-state index contributed by atoms with van der Waals surface area (Å²) < 4.78 is 1.08. The molecular weight excluding hydrogens is 330 g/mol. The van der Waals surface area contributed by atoms with Crippen LogP contribution in [0.3, 0.4) is 0 Å². The molecule has 18 heavy (non-hydrogen) atoms. The number of hydrogen-bond acceptors (Lipinski definition) is 2. The first-order chi connectivity index (χ1) is 8.69. The van der Waals surface area contributed by atoms with Crippen LogP contribution >= 0.6 is 39.3 Å². The summed E-state index contributed by atoms with van der Waals surface area (Å²) in [5.41, 5.74) is 6.91. The maximum absolute atomic E-state index is 6.00. The minimum atomic E-state index is 0.657. The van der Waals surface area contributed by atoms with Crippen molar-refractivity contribution < 1.29 is 0 Å². The molecule has 0 heterocycles. The molecule has 0 saturated heterocycles. The standard InChI is InChI=1S/C14H13BrClNS/c15-11-5-4-10(6-7-17)14(8-11)18-13-3-1-2-12(16)9-13/h1-5,8-9H,6-7,17H2. The molecule has 2 rings (SSSR count). The molecule has 0 spiro atoms. The SMILES string of the molecule is NCCc1ccc(Br)cc1Sc1cccc(Cl)c1. The number of halogens is 2. The van der Waals surface area contributed by atoms with Gasteiger partial charge in [0.05, 0.1) is 0 Å². The molecule has 0 aromatic heterocycles. The molecular formula is C14H13BrClNS. The fraction of sp³-hybridized carbons (Fsp3) is 0.143. The third-order valence-electron chi connectivity index (χ3n) is 2.47. The van der Waals surface area contributed by atoms with Crippen LogP contribution in [0.4, 0.5) is 0 Å². The van der Waals surface area contributed by atoms with Gasteiger partial charge in [0, 0.05) is 19.3 Å². The zero-order valence-corrected chi connectivity index (χ0v) is 12.9. The number of nitrogens with two attached hydrogens (primary N) is 1. The van der Waals surface area contributed by atoms with Crippen molar-refractivity contribution >= 4 is 39.3 Å². The monoisotopic (exact) mass is 341 g/mol. The lowest BCUT2D eigenvalue weighted by Gasteiger charge is -2.09. The quantitative estimate of drug-likeness (QED) is 0.867. The molecule has 2 aromatic carbocycles. The molecule has 4 heteroatoms. The Morgan fingerprint density at radius 3 is 2.72 bits per heavy atom. The van der Waals surface area contributed by atoms with Gasteiger partial charge in [-0.3, -0.25) is 0 Å². The average molecular weight is 343 g/mol. The van der Waals surface area contributed by atoms with Crippen LogP contribution in [-0.2, 0) is 6.42 Å². The van der Waals surface area contributed by atoms with Crippen molar-refractivity contribution in [1.82, 2.24) is 0 Å². The number of hydrogen-bond donors (Lipinski definition) is 1. The summed E-state index contributed by atoms with van der Waals surface area (Å²) >= 11 is 11.2. The van der Waals surface area contributed by atoms with Crippen LogP contribution in [0.15, 0.2) is 56.7 Å². The van der Waals surface area contributed by atoms with Crippen molar-refractivity contribution in [2.45, 2.75) is 16.2 Å². The van der Waals surface area contributed by atoms with Crippen molar-refractivity contribution in [3.05, 3.63) is 57.5 Å². The van der Waals surface area contributed by atoms with E-state index < -0.39 is 0 Å². The number of rotatable bonds is 4. The Morgan fingerprint density at radius 1 is 1.17 bits per heavy atom. The lowest BCUT2D eigenvalue weighted by atomic mass is 10.1. The summed E-state index contributed by atoms with van der Waals surface area (Å²) in [5, 5.41) is 0.760. The molecule has 0 atom stereocenters. The van der Waals surface area contributed by atoms with E-state index in [4.69, 9.17) is 17.3 Å². The van der Waals surface area contributed by atoms with E-state index in [9.17, 15) is 0 Å². The van der Waals surface area contributed by atoms with Crippen molar-refractivity contribution in [3.63, 3.8) is 0 Å². The summed E-state index contributed by atoms with van der Waals surface area (Å²) in [4.78, 5) is 2.36. The lowest BCUT2D eigenvalue weighted by Crippen LogP contribution is -2.03. The Labute approximate surface area is 125 Å². The Hall–Kier alpha value is -0.480. The zero-order chi connectivity index (χ0) is 13.0. The smallest absolute Gasteiger partial charge is 0.0417 e. The molecule has 0 aliphatic heterocycles. The molecule has 0 radical (unpaired) electrons. The molecule has 0 aliphatic carbocycles. The maximum atomic E-state index is 6.00. The highest BCUT2D eigenvalue weighted by Crippen LogP contribution is 2.33. The van der Waals surface area contributed by atoms with Gasteiger partial charge in [-0.1, -0.05) is 51.4 Å². The van der Waals surface area contributed by atoms with E-state index in [2.05, 4.69) is 34.1 Å². The molecule has 0 saturated carbocycles. The van der Waals surface area contributed by atoms with Gasteiger partial charge in [-0.25, -0.2) is 0 Å². The van der Waals surface area contributed by atoms with E-state index in [1.165, 1.54) is 10.5 Å². The van der Waals surface area contributed by atoms with Crippen LogP contribution in [-0.4, -0.2) is 6.54 Å². The molecule has 0 amide bonds. The van der Waals surface area contributed by atoms with E-state index >= 15 is 0 Å². The van der Waals surface area contributed by atoms with Crippen molar-refractivity contribution in [1.29, 1.82) is 0 Å². The van der Waals surface area contributed by atoms with Crippen molar-refractivity contribution in [2.75, 3.05) is 6.54 Å². The molecule has 2 aromatic rings. The second-order valence-electron chi connectivity index (χ2n) is 3.85. The molecule has 2 N–H and O–H groups in total. The van der Waals surface area contributed by atoms with Crippen LogP contribution in [0.5, 0.6) is 0 Å². The van der Waals surface area contributed by atoms with Crippen LogP contribution in [0.2, 0.25) is 5.02 Å². The first-order valence-electron chi connectivity index (χ1n) is 5.61. The molecule has 0 aliphatic rings. The van der Waals surface area contributed by atoms with Gasteiger partial charge in [0.25, 0.3) is 0 Å². The maximum Gasteiger partial charge on any atom is 0.0417 e. The van der Waals surface area contributed by atoms with Gasteiger partial charge in [0.15, 0.2) is 0 Å². The second kappa shape index (κ2) is 6.62. The lowest BCUT2D eigenvalue weighted by molar-refractivity contribution is 0.943. The first-order valence-corrected chi connectivity index (χ1v) is 7.59. The predicted molar refractivity (Wildman–Crippen MR) is 82.5 cm³/mol. The van der Waals surface area contributed by atoms with Crippen molar-refractivity contribution in [2.24, 2.45) is 5.73 Å². The average Bonchev–Trinajstić information content (AvgIpc) is 2.33. The van der Waals surface area contributed by atoms with Crippen LogP contribution in [0, 0.1) is 0 Å². The molecule has 1 nitrogen and oxygen atoms in total. The molecule has 0 bridgehead atoms. The highest BCUT2D eigenvalue weighted by atomic mass is 79.9. The van der Waals surface area contributed by atoms with E-state index in [1.807, 2.05) is 24.3 Å². The van der Waals surface area contributed by atoms with Gasteiger partial charge < -0.3 is 5.73 Å². The van der Waals surface area contributed by atoms with Crippen molar-refractivity contribution in [3.8, 4) is 0 Å². The van der Waals surface area contributed by atoms with Crippen LogP contribution < -0.4 is 5.73 Å². The third-order valence-corrected chi connectivity index (χ3v) is 4.28. The van der Waals surface area contributed by atoms with Gasteiger partial charge in [-0.15, -0.1) is 0 Å². The summed E-state index contributed by atoms with van der Waals surface area (Å²) in [6.45, 7) is 0.657. The van der Waals surface area contributed by atoms with Gasteiger partial charge in [0.1, 0.15) is 0 Å². The molecule has 0 unspecified atom stereocenters. The van der Waals surface area contributed by atoms with Crippen LogP contribution in [0.25, 0.3) is 0 Å². The highest BCUT2D eigenvalue weighted by Gasteiger charge is 2.05. The second-order valence-corrected chi connectivity index (χ2v) is 6.32. The summed E-state index contributed by atoms with van der Waals surface area (Å²) in [6.07, 6.45) is 0.885. The van der Waals surface area contributed by atoms with E-state index in [-0.39, 0.29) is 0 Å². The van der Waals surface area contributed by atoms with Crippen LogP contribution in [0.1, 0.15) is 5.56 Å². The van der Waals surface area contributed by atoms with E-state index in [1.54, 1.807) is 11.8 Å². The van der Waals surface area contributed by atoms with Gasteiger partial charge in [-0.05, 0) is 48.9 Å². The summed E-state index contributed by atoms with van der Waals surface area (Å²) in [6, 6.07) is 14.2. The summed E-state index contributed by atoms with van der Waals surface area (Å²) in [7, 11) is 0. The van der Waals surface area contributed by atoms with E-state index in [0.29, 0.717) is 6.54 Å². The van der Waals surface area contributed by atoms with Gasteiger partial charge in [0.2, 0.25) is 0 Å². The predicted octanol–water partition coefficient (Wildman–Crippen LogP) is 4.75. The minimum Gasteiger partial charge on any atom is -0.330 e. The Morgan fingerprint density at radius 2 is 2.00 bits per heavy atom. The Bertz CT molecular complexity index is 545. The highest BCUT2D eigenvalue weighted by molar-refractivity contribution is 9.10. The fourth-order valence-electron chi connectivity index (χ4n) is 1.64. The fourth-order valence-corrected chi connectivity index (χ4v) is 3.48. The summed E-state index contributed by atoms with van der Waals surface area (Å²) in [5.74, 6) is 0. The first kappa shape index (κ1) is 13.9. The topological polar surface area (TPSA) is 26.0 Å². The third kappa shape index (κ3) is 3.75. The van der Waals surface area contributed by atoms with Gasteiger partial charge in [-0.2, -0.15) is 0 Å². The Kier molecular flexibility index (Phi) is 5.13. The van der Waals surface area contributed by atoms with Gasteiger partial charge >= 0.3 is 0 Å². The molecule has 94 valence electrons. The minimum absolute atomic E-state index is 0.657. The normalized spacial score (nSPS) is 10.6. The van der Waals surface area contributed by atoms with E-state index in [0.717, 1.165) is 20.8 Å². The zero-order valence-electron chi connectivity index (χ0n) is 9.70. The Balaban J connectivity index is 2.29. The number of benzene rings is 2. The molecule has 0 fully saturated rings. The largest absolute Gasteiger partial charge is 0.330 e.